The fourth-order valence-electron chi connectivity index (χ4n) is 2.10. The molecule has 2 amide bonds. The Labute approximate surface area is 144 Å². The van der Waals surface area contributed by atoms with Crippen molar-refractivity contribution in [3.63, 3.8) is 0 Å². The Kier molecular flexibility index (Phi) is 6.67. The first kappa shape index (κ1) is 17.6. The van der Waals surface area contributed by atoms with Crippen LogP contribution in [-0.4, -0.2) is 29.8 Å². The molecule has 2 aromatic heterocycles. The van der Waals surface area contributed by atoms with Gasteiger partial charge in [-0.1, -0.05) is 11.6 Å². The van der Waals surface area contributed by atoms with Gasteiger partial charge in [0.05, 0.1) is 17.1 Å². The maximum absolute atomic E-state index is 12.2. The van der Waals surface area contributed by atoms with Crippen LogP contribution in [0, 0.1) is 0 Å². The molecule has 0 saturated heterocycles. The molecule has 0 aliphatic carbocycles. The number of rotatable bonds is 8. The van der Waals surface area contributed by atoms with E-state index in [1.54, 1.807) is 17.0 Å². The van der Waals surface area contributed by atoms with Gasteiger partial charge in [-0.25, -0.2) is 0 Å². The summed E-state index contributed by atoms with van der Waals surface area (Å²) in [7, 11) is 0. The molecule has 0 aromatic carbocycles. The van der Waals surface area contributed by atoms with Gasteiger partial charge in [-0.2, -0.15) is 0 Å². The number of halogens is 1. The van der Waals surface area contributed by atoms with Gasteiger partial charge in [0.15, 0.2) is 5.76 Å². The summed E-state index contributed by atoms with van der Waals surface area (Å²) < 4.78 is 5.73. The van der Waals surface area contributed by atoms with E-state index in [1.807, 2.05) is 19.1 Å². The Balaban J connectivity index is 1.71. The largest absolute Gasteiger partial charge is 0.459 e. The molecule has 2 aromatic rings. The minimum Gasteiger partial charge on any atom is -0.459 e. The van der Waals surface area contributed by atoms with E-state index < -0.39 is 0 Å². The first-order valence-electron chi connectivity index (χ1n) is 7.44. The number of hydrogen-bond donors (Lipinski definition) is 1. The van der Waals surface area contributed by atoms with E-state index in [9.17, 15) is 9.59 Å². The number of hydrogen-bond acceptors (Lipinski definition) is 4. The van der Waals surface area contributed by atoms with Gasteiger partial charge < -0.3 is 14.6 Å². The van der Waals surface area contributed by atoms with Gasteiger partial charge in [0.1, 0.15) is 0 Å². The van der Waals surface area contributed by atoms with E-state index in [0.29, 0.717) is 32.5 Å². The third-order valence-corrected chi connectivity index (χ3v) is 4.52. The molecule has 0 radical (unpaired) electrons. The lowest BCUT2D eigenvalue weighted by atomic mass is 10.2. The molecule has 7 heteroatoms. The van der Waals surface area contributed by atoms with E-state index in [0.717, 1.165) is 9.21 Å². The summed E-state index contributed by atoms with van der Waals surface area (Å²) in [6, 6.07) is 7.04. The maximum atomic E-state index is 12.2. The third kappa shape index (κ3) is 5.41. The van der Waals surface area contributed by atoms with Crippen molar-refractivity contribution in [1.82, 2.24) is 10.2 Å². The number of nitrogens with zero attached hydrogens (tertiary/aromatic N) is 1. The number of amides is 2. The van der Waals surface area contributed by atoms with Crippen molar-refractivity contribution in [3.8, 4) is 0 Å². The highest BCUT2D eigenvalue weighted by Gasteiger charge is 2.13. The van der Waals surface area contributed by atoms with Gasteiger partial charge in [0.2, 0.25) is 5.91 Å². The lowest BCUT2D eigenvalue weighted by Crippen LogP contribution is -2.31. The molecular weight excluding hydrogens is 336 g/mol. The summed E-state index contributed by atoms with van der Waals surface area (Å²) in [5.41, 5.74) is 0. The first-order chi connectivity index (χ1) is 11.1. The average Bonchev–Trinajstić information content (AvgIpc) is 3.20. The van der Waals surface area contributed by atoms with Crippen molar-refractivity contribution < 1.29 is 14.0 Å². The molecule has 0 unspecified atom stereocenters. The number of carbonyl (C=O) groups is 2. The zero-order valence-electron chi connectivity index (χ0n) is 12.9. The normalized spacial score (nSPS) is 10.5. The van der Waals surface area contributed by atoms with Gasteiger partial charge in [0.25, 0.3) is 5.91 Å². The van der Waals surface area contributed by atoms with Crippen molar-refractivity contribution in [2.75, 3.05) is 13.1 Å². The van der Waals surface area contributed by atoms with Gasteiger partial charge in [0, 0.05) is 24.4 Å². The van der Waals surface area contributed by atoms with Gasteiger partial charge in [-0.15, -0.1) is 11.3 Å². The number of furan rings is 1. The monoisotopic (exact) mass is 354 g/mol. The Morgan fingerprint density at radius 3 is 2.78 bits per heavy atom. The molecule has 2 rings (SSSR count). The second-order valence-electron chi connectivity index (χ2n) is 4.95. The number of carbonyl (C=O) groups excluding carboxylic acids is 2. The summed E-state index contributed by atoms with van der Waals surface area (Å²) in [6.07, 6.45) is 2.44. The maximum Gasteiger partial charge on any atom is 0.286 e. The molecule has 0 saturated carbocycles. The summed E-state index contributed by atoms with van der Waals surface area (Å²) in [5.74, 6) is 0.0911. The molecule has 0 aliphatic rings. The Morgan fingerprint density at radius 2 is 2.17 bits per heavy atom. The van der Waals surface area contributed by atoms with Gasteiger partial charge >= 0.3 is 0 Å². The van der Waals surface area contributed by atoms with E-state index in [1.165, 1.54) is 17.6 Å². The van der Waals surface area contributed by atoms with Crippen molar-refractivity contribution in [3.05, 3.63) is 45.5 Å². The summed E-state index contributed by atoms with van der Waals surface area (Å²) in [4.78, 5) is 26.8. The van der Waals surface area contributed by atoms with E-state index >= 15 is 0 Å². The number of thiophene rings is 1. The summed E-state index contributed by atoms with van der Waals surface area (Å²) in [5, 5.41) is 2.73. The Hall–Kier alpha value is -1.79. The van der Waals surface area contributed by atoms with Crippen LogP contribution in [-0.2, 0) is 11.3 Å². The van der Waals surface area contributed by atoms with Crippen LogP contribution in [0.2, 0.25) is 4.34 Å². The molecule has 124 valence electrons. The van der Waals surface area contributed by atoms with Crippen LogP contribution in [0.15, 0.2) is 34.9 Å². The van der Waals surface area contributed by atoms with Crippen molar-refractivity contribution in [2.45, 2.75) is 26.3 Å². The lowest BCUT2D eigenvalue weighted by molar-refractivity contribution is -0.131. The van der Waals surface area contributed by atoms with Crippen molar-refractivity contribution in [2.24, 2.45) is 0 Å². The van der Waals surface area contributed by atoms with Crippen LogP contribution < -0.4 is 5.32 Å². The molecule has 2 heterocycles. The van der Waals surface area contributed by atoms with E-state index in [4.69, 9.17) is 16.0 Å². The van der Waals surface area contributed by atoms with E-state index in [2.05, 4.69) is 5.32 Å². The van der Waals surface area contributed by atoms with Gasteiger partial charge in [-0.05, 0) is 37.6 Å². The van der Waals surface area contributed by atoms with Crippen LogP contribution in [0.5, 0.6) is 0 Å². The highest BCUT2D eigenvalue weighted by molar-refractivity contribution is 7.16. The van der Waals surface area contributed by atoms with E-state index in [-0.39, 0.29) is 17.6 Å². The Bertz CT molecular complexity index is 640. The van der Waals surface area contributed by atoms with Crippen molar-refractivity contribution >= 4 is 34.8 Å². The zero-order chi connectivity index (χ0) is 16.7. The standard InChI is InChI=1S/C16H19ClN2O3S/c1-2-19(11-12-7-8-14(17)23-12)15(20)6-3-9-18-16(21)13-5-4-10-22-13/h4-5,7-8,10H,2-3,6,9,11H2,1H3,(H,18,21). The predicted molar refractivity (Wildman–Crippen MR) is 90.7 cm³/mol. The quantitative estimate of drug-likeness (QED) is 0.737. The molecule has 5 nitrogen and oxygen atoms in total. The zero-order valence-corrected chi connectivity index (χ0v) is 14.5. The minimum atomic E-state index is -0.261. The highest BCUT2D eigenvalue weighted by atomic mass is 35.5. The minimum absolute atomic E-state index is 0.0734. The first-order valence-corrected chi connectivity index (χ1v) is 8.63. The second-order valence-corrected chi connectivity index (χ2v) is 6.75. The SMILES string of the molecule is CCN(Cc1ccc(Cl)s1)C(=O)CCCNC(=O)c1ccco1. The van der Waals surface area contributed by atoms with Crippen LogP contribution >= 0.6 is 22.9 Å². The van der Waals surface area contributed by atoms with Gasteiger partial charge in [-0.3, -0.25) is 9.59 Å². The van der Waals surface area contributed by atoms with Crippen LogP contribution in [0.25, 0.3) is 0 Å². The molecule has 0 spiro atoms. The molecular formula is C16H19ClN2O3S. The lowest BCUT2D eigenvalue weighted by Gasteiger charge is -2.20. The fourth-order valence-corrected chi connectivity index (χ4v) is 3.20. The predicted octanol–water partition coefficient (Wildman–Crippen LogP) is 3.55. The molecule has 0 atom stereocenters. The summed E-state index contributed by atoms with van der Waals surface area (Å²) >= 11 is 7.39. The highest BCUT2D eigenvalue weighted by Crippen LogP contribution is 2.22. The second kappa shape index (κ2) is 8.74. The topological polar surface area (TPSA) is 62.6 Å². The number of nitrogens with one attached hydrogen (secondary N) is 1. The molecule has 0 aliphatic heterocycles. The van der Waals surface area contributed by atoms with Crippen molar-refractivity contribution in [1.29, 1.82) is 0 Å². The smallest absolute Gasteiger partial charge is 0.286 e. The van der Waals surface area contributed by atoms with Crippen LogP contribution in [0.4, 0.5) is 0 Å². The molecule has 0 fully saturated rings. The summed E-state index contributed by atoms with van der Waals surface area (Å²) in [6.45, 7) is 3.61. The van der Waals surface area contributed by atoms with Crippen LogP contribution in [0.1, 0.15) is 35.2 Å². The molecule has 1 N–H and O–H groups in total. The van der Waals surface area contributed by atoms with Crippen LogP contribution in [0.3, 0.4) is 0 Å². The molecule has 23 heavy (non-hydrogen) atoms. The average molecular weight is 355 g/mol. The Morgan fingerprint density at radius 1 is 1.35 bits per heavy atom. The molecule has 0 bridgehead atoms. The third-order valence-electron chi connectivity index (χ3n) is 3.31. The fraction of sp³-hybridized carbons (Fsp3) is 0.375.